The molecule has 2 unspecified atom stereocenters. The second kappa shape index (κ2) is 6.58. The standard InChI is InChI=1S/C19H23FN2O3/c1-13-5-4-8-22(12-13)17(24)11-19(10-16(23)21(2)18(19)25)14-6-3-7-15(20)9-14/h3,6-7,9,13H,4-5,8,10-12H2,1-2H3. The molecule has 6 heteroatoms. The van der Waals surface area contributed by atoms with Gasteiger partial charge in [-0.15, -0.1) is 0 Å². The van der Waals surface area contributed by atoms with Crippen molar-refractivity contribution in [3.05, 3.63) is 35.6 Å². The van der Waals surface area contributed by atoms with E-state index in [2.05, 4.69) is 6.92 Å². The fourth-order valence-corrected chi connectivity index (χ4v) is 3.92. The van der Waals surface area contributed by atoms with Crippen LogP contribution in [0.4, 0.5) is 4.39 Å². The van der Waals surface area contributed by atoms with Gasteiger partial charge in [-0.3, -0.25) is 19.3 Å². The average Bonchev–Trinajstić information content (AvgIpc) is 2.80. The number of carbonyl (C=O) groups is 3. The maximum atomic E-state index is 13.8. The Balaban J connectivity index is 1.94. The van der Waals surface area contributed by atoms with E-state index in [-0.39, 0.29) is 24.7 Å². The van der Waals surface area contributed by atoms with Crippen molar-refractivity contribution in [1.29, 1.82) is 0 Å². The molecule has 1 aromatic rings. The zero-order valence-electron chi connectivity index (χ0n) is 14.6. The van der Waals surface area contributed by atoms with Gasteiger partial charge in [0.1, 0.15) is 5.82 Å². The van der Waals surface area contributed by atoms with Gasteiger partial charge in [0.2, 0.25) is 17.7 Å². The summed E-state index contributed by atoms with van der Waals surface area (Å²) in [6.07, 6.45) is 1.82. The molecule has 0 bridgehead atoms. The molecule has 0 aliphatic carbocycles. The molecule has 0 spiro atoms. The third-order valence-corrected chi connectivity index (χ3v) is 5.38. The number of amides is 3. The maximum absolute atomic E-state index is 13.8. The predicted molar refractivity (Wildman–Crippen MR) is 90.1 cm³/mol. The van der Waals surface area contributed by atoms with Crippen molar-refractivity contribution in [2.45, 2.75) is 38.0 Å². The van der Waals surface area contributed by atoms with E-state index < -0.39 is 17.1 Å². The van der Waals surface area contributed by atoms with Gasteiger partial charge >= 0.3 is 0 Å². The van der Waals surface area contributed by atoms with E-state index in [0.29, 0.717) is 24.6 Å². The zero-order valence-corrected chi connectivity index (χ0v) is 14.6. The molecule has 0 N–H and O–H groups in total. The molecular formula is C19H23FN2O3. The molecule has 0 aromatic heterocycles. The van der Waals surface area contributed by atoms with Crippen LogP contribution < -0.4 is 0 Å². The van der Waals surface area contributed by atoms with Crippen LogP contribution >= 0.6 is 0 Å². The Hall–Kier alpha value is -2.24. The number of likely N-dealkylation sites (N-methyl/N-ethyl adjacent to an activating group) is 1. The molecule has 134 valence electrons. The first-order valence-corrected chi connectivity index (χ1v) is 8.68. The monoisotopic (exact) mass is 346 g/mol. The predicted octanol–water partition coefficient (Wildman–Crippen LogP) is 2.10. The van der Waals surface area contributed by atoms with Gasteiger partial charge in [0.15, 0.2) is 0 Å². The Morgan fingerprint density at radius 3 is 2.72 bits per heavy atom. The second-order valence-corrected chi connectivity index (χ2v) is 7.29. The van der Waals surface area contributed by atoms with Gasteiger partial charge in [-0.05, 0) is 36.5 Å². The first kappa shape index (κ1) is 17.6. The lowest BCUT2D eigenvalue weighted by molar-refractivity contribution is -0.142. The van der Waals surface area contributed by atoms with Crippen LogP contribution in [0.1, 0.15) is 38.2 Å². The number of piperidine rings is 1. The molecule has 25 heavy (non-hydrogen) atoms. The number of hydrogen-bond donors (Lipinski definition) is 0. The van der Waals surface area contributed by atoms with Crippen molar-refractivity contribution in [3.8, 4) is 0 Å². The van der Waals surface area contributed by atoms with Crippen LogP contribution in [0.25, 0.3) is 0 Å². The highest BCUT2D eigenvalue weighted by Gasteiger charge is 2.53. The normalized spacial score (nSPS) is 27.1. The van der Waals surface area contributed by atoms with E-state index in [1.807, 2.05) is 0 Å². The minimum absolute atomic E-state index is 0.0963. The van der Waals surface area contributed by atoms with Gasteiger partial charge in [0.25, 0.3) is 0 Å². The first-order chi connectivity index (χ1) is 11.8. The van der Waals surface area contributed by atoms with Crippen LogP contribution in [-0.2, 0) is 19.8 Å². The van der Waals surface area contributed by atoms with Gasteiger partial charge in [-0.25, -0.2) is 4.39 Å². The number of likely N-dealkylation sites (tertiary alicyclic amines) is 2. The third-order valence-electron chi connectivity index (χ3n) is 5.38. The lowest BCUT2D eigenvalue weighted by Crippen LogP contribution is -2.45. The second-order valence-electron chi connectivity index (χ2n) is 7.29. The molecule has 2 heterocycles. The van der Waals surface area contributed by atoms with Gasteiger partial charge < -0.3 is 4.90 Å². The Kier molecular flexibility index (Phi) is 4.62. The fraction of sp³-hybridized carbons (Fsp3) is 0.526. The number of benzene rings is 1. The molecule has 2 saturated heterocycles. The molecule has 1 aromatic carbocycles. The van der Waals surface area contributed by atoms with E-state index in [4.69, 9.17) is 0 Å². The van der Waals surface area contributed by atoms with E-state index >= 15 is 0 Å². The quantitative estimate of drug-likeness (QED) is 0.788. The fourth-order valence-electron chi connectivity index (χ4n) is 3.92. The summed E-state index contributed by atoms with van der Waals surface area (Å²) >= 11 is 0. The SMILES string of the molecule is CC1CCCN(C(=O)CC2(c3cccc(F)c3)CC(=O)N(C)C2=O)C1. The van der Waals surface area contributed by atoms with Crippen LogP contribution in [0.2, 0.25) is 0 Å². The molecule has 3 rings (SSSR count). The van der Waals surface area contributed by atoms with E-state index in [1.165, 1.54) is 25.2 Å². The highest BCUT2D eigenvalue weighted by atomic mass is 19.1. The lowest BCUT2D eigenvalue weighted by atomic mass is 9.75. The summed E-state index contributed by atoms with van der Waals surface area (Å²) in [5.41, 5.74) is -0.903. The number of imide groups is 1. The smallest absolute Gasteiger partial charge is 0.240 e. The molecule has 5 nitrogen and oxygen atoms in total. The minimum Gasteiger partial charge on any atom is -0.342 e. The first-order valence-electron chi connectivity index (χ1n) is 8.68. The molecule has 2 aliphatic heterocycles. The Labute approximate surface area is 146 Å². The molecule has 2 atom stereocenters. The van der Waals surface area contributed by atoms with Crippen molar-refractivity contribution in [2.75, 3.05) is 20.1 Å². The zero-order chi connectivity index (χ0) is 18.2. The summed E-state index contributed by atoms with van der Waals surface area (Å²) in [4.78, 5) is 40.7. The summed E-state index contributed by atoms with van der Waals surface area (Å²) in [6, 6.07) is 5.68. The van der Waals surface area contributed by atoms with Gasteiger partial charge in [-0.2, -0.15) is 0 Å². The summed E-state index contributed by atoms with van der Waals surface area (Å²) in [5.74, 6) is -0.972. The molecular weight excluding hydrogens is 323 g/mol. The average molecular weight is 346 g/mol. The number of nitrogens with zero attached hydrogens (tertiary/aromatic N) is 2. The van der Waals surface area contributed by atoms with Gasteiger partial charge in [-0.1, -0.05) is 19.1 Å². The number of halogens is 1. The lowest BCUT2D eigenvalue weighted by Gasteiger charge is -2.34. The van der Waals surface area contributed by atoms with Crippen LogP contribution in [-0.4, -0.2) is 47.7 Å². The Bertz CT molecular complexity index is 720. The largest absolute Gasteiger partial charge is 0.342 e. The van der Waals surface area contributed by atoms with Crippen molar-refractivity contribution < 1.29 is 18.8 Å². The van der Waals surface area contributed by atoms with Crippen molar-refractivity contribution in [2.24, 2.45) is 5.92 Å². The van der Waals surface area contributed by atoms with E-state index in [9.17, 15) is 18.8 Å². The maximum Gasteiger partial charge on any atom is 0.240 e. The van der Waals surface area contributed by atoms with Gasteiger partial charge in [0.05, 0.1) is 5.41 Å². The number of hydrogen-bond acceptors (Lipinski definition) is 3. The highest BCUT2D eigenvalue weighted by Crippen LogP contribution is 2.40. The third kappa shape index (κ3) is 3.17. The Morgan fingerprint density at radius 1 is 1.36 bits per heavy atom. The minimum atomic E-state index is -1.30. The van der Waals surface area contributed by atoms with E-state index in [0.717, 1.165) is 17.7 Å². The molecule has 2 fully saturated rings. The highest BCUT2D eigenvalue weighted by molar-refractivity contribution is 6.10. The van der Waals surface area contributed by atoms with Crippen LogP contribution in [0, 0.1) is 11.7 Å². The summed E-state index contributed by atoms with van der Waals surface area (Å²) in [6.45, 7) is 3.43. The topological polar surface area (TPSA) is 57.7 Å². The van der Waals surface area contributed by atoms with Gasteiger partial charge in [0, 0.05) is 33.0 Å². The Morgan fingerprint density at radius 2 is 2.12 bits per heavy atom. The molecule has 0 radical (unpaired) electrons. The number of carbonyl (C=O) groups excluding carboxylic acids is 3. The summed E-state index contributed by atoms with van der Waals surface area (Å²) in [7, 11) is 1.42. The van der Waals surface area contributed by atoms with E-state index in [1.54, 1.807) is 11.0 Å². The van der Waals surface area contributed by atoms with Crippen molar-refractivity contribution in [3.63, 3.8) is 0 Å². The number of rotatable bonds is 3. The molecule has 2 aliphatic rings. The molecule has 0 saturated carbocycles. The van der Waals surface area contributed by atoms with Crippen LogP contribution in [0.15, 0.2) is 24.3 Å². The van der Waals surface area contributed by atoms with Crippen molar-refractivity contribution >= 4 is 17.7 Å². The molecule has 3 amide bonds. The van der Waals surface area contributed by atoms with Crippen molar-refractivity contribution in [1.82, 2.24) is 9.80 Å². The van der Waals surface area contributed by atoms with Crippen LogP contribution in [0.5, 0.6) is 0 Å². The summed E-state index contributed by atoms with van der Waals surface area (Å²) in [5, 5.41) is 0. The summed E-state index contributed by atoms with van der Waals surface area (Å²) < 4.78 is 13.8. The van der Waals surface area contributed by atoms with Crippen LogP contribution in [0.3, 0.4) is 0 Å².